The summed E-state index contributed by atoms with van der Waals surface area (Å²) in [5.74, 6) is -3.10. The number of anilines is 1. The Bertz CT molecular complexity index is 2300. The summed E-state index contributed by atoms with van der Waals surface area (Å²) < 4.78 is 88.6. The van der Waals surface area contributed by atoms with Gasteiger partial charge < -0.3 is 20.3 Å². The zero-order valence-corrected chi connectivity index (χ0v) is 33.3. The molecule has 1 aromatic heterocycles. The largest absolute Gasteiger partial charge is 0.444 e. The van der Waals surface area contributed by atoms with E-state index in [1.165, 1.54) is 28.0 Å². The maximum Gasteiger partial charge on any atom is 0.416 e. The Kier molecular flexibility index (Phi) is 10.9. The van der Waals surface area contributed by atoms with Gasteiger partial charge in [0, 0.05) is 35.4 Å². The smallest absolute Gasteiger partial charge is 0.416 e. The highest BCUT2D eigenvalue weighted by atomic mass is 32.2. The van der Waals surface area contributed by atoms with Crippen LogP contribution in [0.3, 0.4) is 0 Å². The number of aromatic nitrogens is 1. The molecule has 0 unspecified atom stereocenters. The van der Waals surface area contributed by atoms with E-state index in [2.05, 4.69) is 20.3 Å². The molecule has 3 N–H and O–H groups in total. The number of hydrogen-bond acceptors (Lipinski definition) is 10. The fourth-order valence-electron chi connectivity index (χ4n) is 8.05. The molecule has 0 radical (unpaired) electrons. The fraction of sp³-hybridized carbons (Fsp3) is 0.475. The van der Waals surface area contributed by atoms with Gasteiger partial charge in [-0.15, -0.1) is 11.3 Å². The average molecular weight is 859 g/mol. The third kappa shape index (κ3) is 8.67. The number of rotatable bonds is 7. The lowest BCUT2D eigenvalue weighted by molar-refractivity contribution is -0.140. The number of amides is 4. The van der Waals surface area contributed by atoms with E-state index >= 15 is 0 Å². The number of nitrogens with zero attached hydrogens (tertiary/aromatic N) is 3. The Morgan fingerprint density at radius 2 is 1.83 bits per heavy atom. The first-order valence-corrected chi connectivity index (χ1v) is 22.0. The topological polar surface area (TPSA) is 167 Å². The first kappa shape index (κ1) is 40.7. The predicted molar refractivity (Wildman–Crippen MR) is 207 cm³/mol. The van der Waals surface area contributed by atoms with Crippen LogP contribution in [-0.4, -0.2) is 82.5 Å². The molecule has 5 atom stereocenters. The first-order valence-electron chi connectivity index (χ1n) is 19.6. The molecule has 59 heavy (non-hydrogen) atoms. The molecule has 4 amide bonds. The van der Waals surface area contributed by atoms with Crippen molar-refractivity contribution < 1.29 is 49.9 Å². The summed E-state index contributed by atoms with van der Waals surface area (Å²) >= 11 is 1.10. The lowest BCUT2D eigenvalue weighted by Crippen LogP contribution is -2.57. The maximum absolute atomic E-state index is 14.7. The summed E-state index contributed by atoms with van der Waals surface area (Å²) in [4.78, 5) is 63.3. The van der Waals surface area contributed by atoms with Crippen molar-refractivity contribution in [2.75, 3.05) is 11.9 Å². The zero-order chi connectivity index (χ0) is 41.7. The predicted octanol–water partition coefficient (Wildman–Crippen LogP) is 5.87. The second-order valence-electron chi connectivity index (χ2n) is 15.8. The monoisotopic (exact) mass is 858 g/mol. The van der Waals surface area contributed by atoms with E-state index in [-0.39, 0.29) is 48.9 Å². The number of sulfonamides is 1. The van der Waals surface area contributed by atoms with Crippen LogP contribution < -0.4 is 15.4 Å². The zero-order valence-electron chi connectivity index (χ0n) is 31.7. The van der Waals surface area contributed by atoms with Gasteiger partial charge in [-0.3, -0.25) is 24.0 Å². The molecule has 1 saturated heterocycles. The number of hydrogen-bond donors (Lipinski definition) is 3. The fourth-order valence-corrected chi connectivity index (χ4v) is 10.2. The molecular formula is C40H42F4N6O7S2. The summed E-state index contributed by atoms with van der Waals surface area (Å²) in [6.45, 7) is -0.134. The lowest BCUT2D eigenvalue weighted by Gasteiger charge is -2.29. The number of allylic oxidation sites excluding steroid dienone is 1. The number of thiazole rings is 1. The quantitative estimate of drug-likeness (QED) is 0.195. The Morgan fingerprint density at radius 1 is 1.03 bits per heavy atom. The summed E-state index contributed by atoms with van der Waals surface area (Å²) in [6.07, 6.45) is 1.16. The molecule has 3 fully saturated rings. The molecule has 314 valence electrons. The summed E-state index contributed by atoms with van der Waals surface area (Å²) in [7, 11) is -3.96. The third-order valence-corrected chi connectivity index (χ3v) is 14.2. The van der Waals surface area contributed by atoms with E-state index in [0.29, 0.717) is 49.7 Å². The SMILES string of the molecule is O=C1N[C@]2(C(=O)NS(=O)(=O)C3CC3)C[C@H]2C=CCCCCC[C@H](Nc2nc(-c3cccc(C(F)(F)F)c3)cs2)C(=O)N2C[C@H](OC(=O)N3Cc4cccc(F)c4C3)C[C@@H]12. The van der Waals surface area contributed by atoms with Gasteiger partial charge in [-0.05, 0) is 62.3 Å². The van der Waals surface area contributed by atoms with Crippen molar-refractivity contribution in [1.29, 1.82) is 0 Å². The lowest BCUT2D eigenvalue weighted by atomic mass is 10.1. The van der Waals surface area contributed by atoms with Gasteiger partial charge in [0.05, 0.1) is 29.6 Å². The van der Waals surface area contributed by atoms with Gasteiger partial charge in [0.1, 0.15) is 29.5 Å². The van der Waals surface area contributed by atoms with Crippen LogP contribution in [0.4, 0.5) is 27.5 Å². The number of alkyl halides is 3. The van der Waals surface area contributed by atoms with Crippen LogP contribution in [0.25, 0.3) is 11.3 Å². The van der Waals surface area contributed by atoms with Crippen LogP contribution in [0.2, 0.25) is 0 Å². The van der Waals surface area contributed by atoms with Gasteiger partial charge in [0.25, 0.3) is 5.91 Å². The van der Waals surface area contributed by atoms with E-state index in [0.717, 1.165) is 29.9 Å². The normalized spacial score (nSPS) is 26.2. The molecule has 0 spiro atoms. The first-order chi connectivity index (χ1) is 28.1. The summed E-state index contributed by atoms with van der Waals surface area (Å²) in [6, 6.07) is 7.09. The van der Waals surface area contributed by atoms with Crippen molar-refractivity contribution in [2.45, 2.75) is 106 Å². The van der Waals surface area contributed by atoms with Gasteiger partial charge in [-0.25, -0.2) is 22.6 Å². The van der Waals surface area contributed by atoms with E-state index in [1.54, 1.807) is 23.6 Å². The highest BCUT2D eigenvalue weighted by Crippen LogP contribution is 2.46. The van der Waals surface area contributed by atoms with Crippen LogP contribution in [0.1, 0.15) is 74.5 Å². The molecule has 4 heterocycles. The molecule has 8 rings (SSSR count). The van der Waals surface area contributed by atoms with Crippen LogP contribution in [0, 0.1) is 11.7 Å². The highest BCUT2D eigenvalue weighted by Gasteiger charge is 2.62. The minimum atomic E-state index is -4.56. The number of halogens is 4. The number of fused-ring (bicyclic) bond motifs is 3. The summed E-state index contributed by atoms with van der Waals surface area (Å²) in [5.41, 5.74) is -0.935. The Morgan fingerprint density at radius 3 is 2.59 bits per heavy atom. The summed E-state index contributed by atoms with van der Waals surface area (Å²) in [5, 5.41) is 7.09. The average Bonchev–Trinajstić information content (AvgIpc) is 3.99. The highest BCUT2D eigenvalue weighted by molar-refractivity contribution is 7.91. The van der Waals surface area contributed by atoms with Crippen LogP contribution in [0.5, 0.6) is 0 Å². The van der Waals surface area contributed by atoms with Crippen molar-refractivity contribution in [3.63, 3.8) is 0 Å². The molecule has 2 aromatic carbocycles. The second kappa shape index (κ2) is 15.9. The van der Waals surface area contributed by atoms with Crippen molar-refractivity contribution in [3.05, 3.63) is 82.5 Å². The Labute approximate surface area is 341 Å². The van der Waals surface area contributed by atoms with E-state index in [1.807, 2.05) is 6.08 Å². The van der Waals surface area contributed by atoms with Crippen molar-refractivity contribution in [1.82, 2.24) is 24.8 Å². The van der Waals surface area contributed by atoms with Gasteiger partial charge >= 0.3 is 12.3 Å². The van der Waals surface area contributed by atoms with Gasteiger partial charge in [-0.2, -0.15) is 13.2 Å². The molecule has 2 saturated carbocycles. The van der Waals surface area contributed by atoms with Gasteiger partial charge in [-0.1, -0.05) is 49.3 Å². The van der Waals surface area contributed by atoms with Crippen LogP contribution in [0.15, 0.2) is 60.0 Å². The molecule has 2 aliphatic carbocycles. The number of benzene rings is 2. The van der Waals surface area contributed by atoms with Crippen LogP contribution >= 0.6 is 11.3 Å². The number of nitrogens with one attached hydrogen (secondary N) is 3. The molecule has 3 aliphatic heterocycles. The Balaban J connectivity index is 1.06. The molecule has 0 bridgehead atoms. The minimum absolute atomic E-state index is 0.0291. The number of carbonyl (C=O) groups is 4. The standard InChI is InChI=1S/C40H42F4N6O7S2/c41-30-12-7-9-24-19-49(21-29(24)30)38(54)57-27-17-33-34(51)47-39(36(53)48-59(55,56)28-14-15-28)18-26(39)10-4-2-1-3-5-13-31(35(52)50(33)20-27)45-37-46-32(22-58-37)23-8-6-11-25(16-23)40(42,43)44/h4,6-12,16,22,26-28,31,33H,1-3,5,13-15,17-21H2,(H,45,46)(H,47,51)(H,48,53)/t26-,27-,31+,33+,39-/m1/s1. The molecule has 19 heteroatoms. The van der Waals surface area contributed by atoms with E-state index < -0.39 is 86.3 Å². The van der Waals surface area contributed by atoms with Gasteiger partial charge in [0.15, 0.2) is 5.13 Å². The van der Waals surface area contributed by atoms with Crippen molar-refractivity contribution >= 4 is 50.3 Å². The molecule has 5 aliphatic rings. The maximum atomic E-state index is 14.7. The second-order valence-corrected chi connectivity index (χ2v) is 18.6. The minimum Gasteiger partial charge on any atom is -0.444 e. The van der Waals surface area contributed by atoms with E-state index in [9.17, 15) is 45.2 Å². The third-order valence-electron chi connectivity index (χ3n) is 11.6. The van der Waals surface area contributed by atoms with E-state index in [4.69, 9.17) is 4.74 Å². The van der Waals surface area contributed by atoms with Gasteiger partial charge in [0.2, 0.25) is 21.8 Å². The molecule has 13 nitrogen and oxygen atoms in total. The number of carbonyl (C=O) groups excluding carboxylic acids is 4. The molecule has 3 aromatic rings. The van der Waals surface area contributed by atoms with Crippen molar-refractivity contribution in [3.8, 4) is 11.3 Å². The van der Waals surface area contributed by atoms with Crippen LogP contribution in [-0.2, 0) is 48.4 Å². The molecular weight excluding hydrogens is 817 g/mol. The van der Waals surface area contributed by atoms with Crippen molar-refractivity contribution in [2.24, 2.45) is 5.92 Å². The number of ether oxygens (including phenoxy) is 1. The Hall–Kier alpha value is -5.04.